The SMILES string of the molecule is COCc1ncc(-c2nccn2CCc2cccc(F)c2)cn1. The van der Waals surface area contributed by atoms with E-state index in [0.29, 0.717) is 19.0 Å². The molecule has 0 aliphatic heterocycles. The monoisotopic (exact) mass is 312 g/mol. The molecule has 3 aromatic rings. The number of halogens is 1. The van der Waals surface area contributed by atoms with Crippen molar-refractivity contribution >= 4 is 0 Å². The topological polar surface area (TPSA) is 52.8 Å². The Bertz CT molecular complexity index is 770. The van der Waals surface area contributed by atoms with Gasteiger partial charge < -0.3 is 9.30 Å². The Hall–Kier alpha value is -2.60. The molecule has 1 aromatic carbocycles. The molecule has 23 heavy (non-hydrogen) atoms. The number of rotatable bonds is 6. The number of hydrogen-bond donors (Lipinski definition) is 0. The molecule has 3 rings (SSSR count). The van der Waals surface area contributed by atoms with Gasteiger partial charge >= 0.3 is 0 Å². The van der Waals surface area contributed by atoms with Crippen LogP contribution < -0.4 is 0 Å². The second kappa shape index (κ2) is 7.11. The third-order valence-corrected chi connectivity index (χ3v) is 3.48. The maximum Gasteiger partial charge on any atom is 0.153 e. The summed E-state index contributed by atoms with van der Waals surface area (Å²) in [6.07, 6.45) is 7.84. The molecule has 2 aromatic heterocycles. The van der Waals surface area contributed by atoms with Crippen molar-refractivity contribution in [1.82, 2.24) is 19.5 Å². The summed E-state index contributed by atoms with van der Waals surface area (Å²) in [6.45, 7) is 1.09. The average molecular weight is 312 g/mol. The van der Waals surface area contributed by atoms with Crippen molar-refractivity contribution in [3.63, 3.8) is 0 Å². The lowest BCUT2D eigenvalue weighted by Gasteiger charge is -2.08. The standard InChI is InChI=1S/C17H17FN4O/c1-23-12-16-20-10-14(11-21-16)17-19-6-8-22(17)7-5-13-3-2-4-15(18)9-13/h2-4,6,8-11H,5,7,12H2,1H3. The van der Waals surface area contributed by atoms with E-state index in [-0.39, 0.29) is 5.82 Å². The van der Waals surface area contributed by atoms with Crippen LogP contribution in [-0.2, 0) is 24.3 Å². The highest BCUT2D eigenvalue weighted by Crippen LogP contribution is 2.16. The van der Waals surface area contributed by atoms with Crippen LogP contribution in [0.3, 0.4) is 0 Å². The molecule has 0 amide bonds. The zero-order valence-electron chi connectivity index (χ0n) is 12.8. The molecule has 118 valence electrons. The quantitative estimate of drug-likeness (QED) is 0.702. The summed E-state index contributed by atoms with van der Waals surface area (Å²) < 4.78 is 20.2. The maximum absolute atomic E-state index is 13.2. The van der Waals surface area contributed by atoms with Gasteiger partial charge in [-0.3, -0.25) is 0 Å². The number of nitrogens with zero attached hydrogens (tertiary/aromatic N) is 4. The number of aromatic nitrogens is 4. The highest BCUT2D eigenvalue weighted by molar-refractivity contribution is 5.52. The predicted molar refractivity (Wildman–Crippen MR) is 84.1 cm³/mol. The Kier molecular flexibility index (Phi) is 4.73. The van der Waals surface area contributed by atoms with Crippen LogP contribution in [0.25, 0.3) is 11.4 Å². The fourth-order valence-corrected chi connectivity index (χ4v) is 2.37. The molecular formula is C17H17FN4O. The van der Waals surface area contributed by atoms with Gasteiger partial charge in [0.2, 0.25) is 0 Å². The van der Waals surface area contributed by atoms with Crippen LogP contribution in [0.2, 0.25) is 0 Å². The number of aryl methyl sites for hydroxylation is 2. The third-order valence-electron chi connectivity index (χ3n) is 3.48. The first kappa shape index (κ1) is 15.3. The lowest BCUT2D eigenvalue weighted by molar-refractivity contribution is 0.178. The fraction of sp³-hybridized carbons (Fsp3) is 0.235. The van der Waals surface area contributed by atoms with E-state index in [4.69, 9.17) is 4.74 Å². The van der Waals surface area contributed by atoms with Crippen molar-refractivity contribution in [2.75, 3.05) is 7.11 Å². The molecule has 0 atom stereocenters. The largest absolute Gasteiger partial charge is 0.377 e. The Morgan fingerprint density at radius 3 is 2.74 bits per heavy atom. The summed E-state index contributed by atoms with van der Waals surface area (Å²) in [5.74, 6) is 1.22. The van der Waals surface area contributed by atoms with Gasteiger partial charge in [-0.2, -0.15) is 0 Å². The Labute approximate surface area is 133 Å². The van der Waals surface area contributed by atoms with Crippen LogP contribution in [0.1, 0.15) is 11.4 Å². The number of hydrogen-bond acceptors (Lipinski definition) is 4. The first-order valence-electron chi connectivity index (χ1n) is 7.32. The van der Waals surface area contributed by atoms with Gasteiger partial charge in [0.05, 0.1) is 5.56 Å². The normalized spacial score (nSPS) is 10.9. The van der Waals surface area contributed by atoms with Crippen LogP contribution in [0.5, 0.6) is 0 Å². The van der Waals surface area contributed by atoms with Gasteiger partial charge in [0, 0.05) is 38.4 Å². The van der Waals surface area contributed by atoms with Gasteiger partial charge in [-0.1, -0.05) is 12.1 Å². The molecule has 0 aliphatic carbocycles. The van der Waals surface area contributed by atoms with Gasteiger partial charge in [0.1, 0.15) is 18.2 Å². The van der Waals surface area contributed by atoms with Crippen molar-refractivity contribution < 1.29 is 9.13 Å². The lowest BCUT2D eigenvalue weighted by atomic mass is 10.1. The Morgan fingerprint density at radius 1 is 1.17 bits per heavy atom. The molecule has 0 unspecified atom stereocenters. The summed E-state index contributed by atoms with van der Waals surface area (Å²) >= 11 is 0. The van der Waals surface area contributed by atoms with E-state index >= 15 is 0 Å². The molecular weight excluding hydrogens is 295 g/mol. The molecule has 2 heterocycles. The van der Waals surface area contributed by atoms with E-state index in [1.807, 2.05) is 16.8 Å². The van der Waals surface area contributed by atoms with Crippen LogP contribution in [0, 0.1) is 5.82 Å². The van der Waals surface area contributed by atoms with Gasteiger partial charge in [0.25, 0.3) is 0 Å². The summed E-state index contributed by atoms with van der Waals surface area (Å²) in [7, 11) is 1.61. The summed E-state index contributed by atoms with van der Waals surface area (Å²) in [4.78, 5) is 12.9. The van der Waals surface area contributed by atoms with Crippen molar-refractivity contribution in [2.24, 2.45) is 0 Å². The number of ether oxygens (including phenoxy) is 1. The van der Waals surface area contributed by atoms with E-state index in [0.717, 1.165) is 23.4 Å². The summed E-state index contributed by atoms with van der Waals surface area (Å²) in [6, 6.07) is 6.65. The van der Waals surface area contributed by atoms with Crippen LogP contribution in [-0.4, -0.2) is 26.6 Å². The number of imidazole rings is 1. The highest BCUT2D eigenvalue weighted by Gasteiger charge is 2.08. The molecule has 0 fully saturated rings. The minimum atomic E-state index is -0.213. The van der Waals surface area contributed by atoms with E-state index in [2.05, 4.69) is 15.0 Å². The predicted octanol–water partition coefficient (Wildman–Crippen LogP) is 2.87. The van der Waals surface area contributed by atoms with Crippen molar-refractivity contribution in [3.05, 3.63) is 66.3 Å². The minimum Gasteiger partial charge on any atom is -0.377 e. The summed E-state index contributed by atoms with van der Waals surface area (Å²) in [5.41, 5.74) is 1.80. The maximum atomic E-state index is 13.2. The van der Waals surface area contributed by atoms with Crippen molar-refractivity contribution in [2.45, 2.75) is 19.6 Å². The smallest absolute Gasteiger partial charge is 0.153 e. The molecule has 0 aliphatic rings. The zero-order valence-corrected chi connectivity index (χ0v) is 12.8. The Morgan fingerprint density at radius 2 is 2.00 bits per heavy atom. The molecule has 0 N–H and O–H groups in total. The van der Waals surface area contributed by atoms with E-state index in [1.54, 1.807) is 37.8 Å². The third kappa shape index (κ3) is 3.78. The molecule has 6 heteroatoms. The first-order chi connectivity index (χ1) is 11.3. The van der Waals surface area contributed by atoms with Crippen LogP contribution in [0.4, 0.5) is 4.39 Å². The van der Waals surface area contributed by atoms with Crippen molar-refractivity contribution in [3.8, 4) is 11.4 Å². The van der Waals surface area contributed by atoms with E-state index in [1.165, 1.54) is 6.07 Å². The lowest BCUT2D eigenvalue weighted by Crippen LogP contribution is -2.04. The zero-order chi connectivity index (χ0) is 16.1. The van der Waals surface area contributed by atoms with E-state index in [9.17, 15) is 4.39 Å². The molecule has 5 nitrogen and oxygen atoms in total. The second-order valence-electron chi connectivity index (χ2n) is 5.15. The van der Waals surface area contributed by atoms with Gasteiger partial charge in [-0.05, 0) is 24.1 Å². The van der Waals surface area contributed by atoms with Gasteiger partial charge in [-0.15, -0.1) is 0 Å². The molecule has 0 radical (unpaired) electrons. The first-order valence-corrected chi connectivity index (χ1v) is 7.32. The molecule has 0 bridgehead atoms. The molecule has 0 saturated carbocycles. The highest BCUT2D eigenvalue weighted by atomic mass is 19.1. The number of benzene rings is 1. The van der Waals surface area contributed by atoms with Crippen LogP contribution in [0.15, 0.2) is 49.1 Å². The molecule has 0 saturated heterocycles. The van der Waals surface area contributed by atoms with Gasteiger partial charge in [-0.25, -0.2) is 19.3 Å². The van der Waals surface area contributed by atoms with E-state index < -0.39 is 0 Å². The Balaban J connectivity index is 1.74. The van der Waals surface area contributed by atoms with Gasteiger partial charge in [0.15, 0.2) is 5.82 Å². The summed E-state index contributed by atoms with van der Waals surface area (Å²) in [5, 5.41) is 0. The van der Waals surface area contributed by atoms with Crippen LogP contribution >= 0.6 is 0 Å². The minimum absolute atomic E-state index is 0.213. The van der Waals surface area contributed by atoms with Crippen molar-refractivity contribution in [1.29, 1.82) is 0 Å². The average Bonchev–Trinajstić information content (AvgIpc) is 3.03. The second-order valence-corrected chi connectivity index (χ2v) is 5.15. The number of methoxy groups -OCH3 is 1. The molecule has 0 spiro atoms. The fourth-order valence-electron chi connectivity index (χ4n) is 2.37.